The summed E-state index contributed by atoms with van der Waals surface area (Å²) in [6.45, 7) is 0. The summed E-state index contributed by atoms with van der Waals surface area (Å²) in [4.78, 5) is 21.4. The molecule has 31 heavy (non-hydrogen) atoms. The number of anilines is 1. The molecule has 156 valence electrons. The molecule has 0 aliphatic rings. The van der Waals surface area contributed by atoms with Crippen LogP contribution in [0.2, 0.25) is 0 Å². The van der Waals surface area contributed by atoms with Crippen molar-refractivity contribution in [1.82, 2.24) is 9.97 Å². The second kappa shape index (κ2) is 9.40. The van der Waals surface area contributed by atoms with E-state index < -0.39 is 0 Å². The average Bonchev–Trinajstić information content (AvgIpc) is 3.30. The second-order valence-corrected chi connectivity index (χ2v) is 7.63. The van der Waals surface area contributed by atoms with Crippen molar-refractivity contribution in [2.75, 3.05) is 19.5 Å². The number of amides is 1. The monoisotopic (exact) mass is 431 g/mol. The molecule has 2 aromatic heterocycles. The van der Waals surface area contributed by atoms with Gasteiger partial charge in [0.1, 0.15) is 5.01 Å². The van der Waals surface area contributed by atoms with Crippen LogP contribution in [0.5, 0.6) is 11.5 Å². The molecule has 2 aromatic carbocycles. The van der Waals surface area contributed by atoms with Crippen LogP contribution in [0.3, 0.4) is 0 Å². The number of rotatable bonds is 7. The van der Waals surface area contributed by atoms with Gasteiger partial charge in [0.15, 0.2) is 11.5 Å². The van der Waals surface area contributed by atoms with Crippen LogP contribution in [0.1, 0.15) is 5.56 Å². The summed E-state index contributed by atoms with van der Waals surface area (Å²) in [5.41, 5.74) is 4.35. The smallest absolute Gasteiger partial charge is 0.228 e. The van der Waals surface area contributed by atoms with Gasteiger partial charge in [0.05, 0.1) is 26.3 Å². The van der Waals surface area contributed by atoms with Gasteiger partial charge >= 0.3 is 0 Å². The van der Waals surface area contributed by atoms with Crippen molar-refractivity contribution in [2.24, 2.45) is 0 Å². The molecule has 0 radical (unpaired) electrons. The molecule has 0 saturated heterocycles. The lowest BCUT2D eigenvalue weighted by atomic mass is 10.1. The Morgan fingerprint density at radius 2 is 1.84 bits per heavy atom. The maximum absolute atomic E-state index is 12.6. The minimum atomic E-state index is -0.112. The number of carbonyl (C=O) groups is 1. The number of carbonyl (C=O) groups excluding carboxylic acids is 1. The third-order valence-electron chi connectivity index (χ3n) is 4.67. The maximum atomic E-state index is 12.6. The normalized spacial score (nSPS) is 10.5. The first-order valence-corrected chi connectivity index (χ1v) is 10.5. The van der Waals surface area contributed by atoms with Crippen LogP contribution in [0.15, 0.2) is 72.4 Å². The van der Waals surface area contributed by atoms with E-state index in [0.717, 1.165) is 33.1 Å². The van der Waals surface area contributed by atoms with Crippen molar-refractivity contribution in [3.8, 4) is 33.3 Å². The lowest BCUT2D eigenvalue weighted by Crippen LogP contribution is -2.14. The number of hydrogen-bond acceptors (Lipinski definition) is 6. The maximum Gasteiger partial charge on any atom is 0.228 e. The Hall–Kier alpha value is -3.71. The van der Waals surface area contributed by atoms with E-state index >= 15 is 0 Å². The molecule has 0 fully saturated rings. The van der Waals surface area contributed by atoms with E-state index in [1.54, 1.807) is 44.0 Å². The van der Waals surface area contributed by atoms with Crippen LogP contribution in [0, 0.1) is 0 Å². The van der Waals surface area contributed by atoms with Gasteiger partial charge in [0, 0.05) is 34.6 Å². The van der Waals surface area contributed by atoms with Gasteiger partial charge in [-0.05, 0) is 42.0 Å². The Balaban J connectivity index is 1.46. The fourth-order valence-electron chi connectivity index (χ4n) is 3.17. The molecule has 4 aromatic rings. The zero-order valence-corrected chi connectivity index (χ0v) is 18.0. The predicted molar refractivity (Wildman–Crippen MR) is 123 cm³/mol. The van der Waals surface area contributed by atoms with E-state index in [1.807, 2.05) is 53.9 Å². The fourth-order valence-corrected chi connectivity index (χ4v) is 3.99. The number of methoxy groups -OCH3 is 2. The highest BCUT2D eigenvalue weighted by Crippen LogP contribution is 2.30. The molecule has 7 heteroatoms. The molecule has 6 nitrogen and oxygen atoms in total. The summed E-state index contributed by atoms with van der Waals surface area (Å²) in [5.74, 6) is 1.12. The molecule has 0 saturated carbocycles. The van der Waals surface area contributed by atoms with Gasteiger partial charge in [-0.2, -0.15) is 0 Å². The van der Waals surface area contributed by atoms with Crippen molar-refractivity contribution >= 4 is 22.9 Å². The Kier molecular flexibility index (Phi) is 6.24. The molecule has 1 N–H and O–H groups in total. The van der Waals surface area contributed by atoms with Crippen LogP contribution < -0.4 is 14.8 Å². The van der Waals surface area contributed by atoms with Gasteiger partial charge < -0.3 is 14.8 Å². The molecule has 4 rings (SSSR count). The van der Waals surface area contributed by atoms with Gasteiger partial charge in [-0.3, -0.25) is 9.78 Å². The van der Waals surface area contributed by atoms with Gasteiger partial charge in [0.25, 0.3) is 0 Å². The Morgan fingerprint density at radius 1 is 1.00 bits per heavy atom. The number of ether oxygens (including phenoxy) is 2. The van der Waals surface area contributed by atoms with Crippen LogP contribution in [0.4, 0.5) is 5.69 Å². The number of hydrogen-bond donors (Lipinski definition) is 1. The molecule has 0 bridgehead atoms. The lowest BCUT2D eigenvalue weighted by Gasteiger charge is -2.10. The first-order chi connectivity index (χ1) is 15.2. The molecule has 0 spiro atoms. The van der Waals surface area contributed by atoms with Crippen LogP contribution in [-0.2, 0) is 11.2 Å². The molecule has 0 atom stereocenters. The molecular formula is C24H21N3O3S. The van der Waals surface area contributed by atoms with Crippen molar-refractivity contribution in [1.29, 1.82) is 0 Å². The minimum Gasteiger partial charge on any atom is -0.493 e. The van der Waals surface area contributed by atoms with E-state index in [1.165, 1.54) is 0 Å². The highest BCUT2D eigenvalue weighted by molar-refractivity contribution is 7.13. The van der Waals surface area contributed by atoms with E-state index in [0.29, 0.717) is 11.5 Å². The molecule has 0 unspecified atom stereocenters. The summed E-state index contributed by atoms with van der Waals surface area (Å²) in [7, 11) is 3.16. The van der Waals surface area contributed by atoms with Crippen LogP contribution in [0.25, 0.3) is 21.8 Å². The highest BCUT2D eigenvalue weighted by atomic mass is 32.1. The van der Waals surface area contributed by atoms with Gasteiger partial charge in [0.2, 0.25) is 5.91 Å². The first kappa shape index (κ1) is 20.6. The Morgan fingerprint density at radius 3 is 2.61 bits per heavy atom. The summed E-state index contributed by atoms with van der Waals surface area (Å²) in [6.07, 6.45) is 3.77. The SMILES string of the molecule is COc1ccc(CC(=O)Nc2cccc(-c3csc(-c4cccnc4)n3)c2)cc1OC. The Labute approximate surface area is 184 Å². The highest BCUT2D eigenvalue weighted by Gasteiger charge is 2.11. The quantitative estimate of drug-likeness (QED) is 0.442. The summed E-state index contributed by atoms with van der Waals surface area (Å²) in [5, 5.41) is 5.87. The van der Waals surface area contributed by atoms with Crippen LogP contribution >= 0.6 is 11.3 Å². The molecule has 2 heterocycles. The largest absolute Gasteiger partial charge is 0.493 e. The third-order valence-corrected chi connectivity index (χ3v) is 5.56. The molecule has 0 aliphatic heterocycles. The number of nitrogens with zero attached hydrogens (tertiary/aromatic N) is 2. The number of aromatic nitrogens is 2. The summed E-state index contributed by atoms with van der Waals surface area (Å²) >= 11 is 1.56. The van der Waals surface area contributed by atoms with Crippen molar-refractivity contribution in [3.63, 3.8) is 0 Å². The minimum absolute atomic E-state index is 0.112. The van der Waals surface area contributed by atoms with E-state index in [4.69, 9.17) is 14.5 Å². The average molecular weight is 432 g/mol. The molecule has 0 aliphatic carbocycles. The van der Waals surface area contributed by atoms with Gasteiger partial charge in [-0.25, -0.2) is 4.98 Å². The zero-order chi connectivity index (χ0) is 21.6. The summed E-state index contributed by atoms with van der Waals surface area (Å²) < 4.78 is 10.6. The van der Waals surface area contributed by atoms with Gasteiger partial charge in [-0.15, -0.1) is 11.3 Å². The van der Waals surface area contributed by atoms with E-state index in [-0.39, 0.29) is 12.3 Å². The molecular weight excluding hydrogens is 410 g/mol. The predicted octanol–water partition coefficient (Wildman–Crippen LogP) is 5.07. The number of pyridine rings is 1. The topological polar surface area (TPSA) is 73.3 Å². The van der Waals surface area contributed by atoms with Crippen LogP contribution in [-0.4, -0.2) is 30.1 Å². The second-order valence-electron chi connectivity index (χ2n) is 6.77. The van der Waals surface area contributed by atoms with Gasteiger partial charge in [-0.1, -0.05) is 18.2 Å². The number of nitrogens with one attached hydrogen (secondary N) is 1. The van der Waals surface area contributed by atoms with Crippen molar-refractivity contribution in [3.05, 3.63) is 77.9 Å². The number of thiazole rings is 1. The summed E-state index contributed by atoms with van der Waals surface area (Å²) in [6, 6.07) is 17.0. The van der Waals surface area contributed by atoms with E-state index in [9.17, 15) is 4.79 Å². The van der Waals surface area contributed by atoms with E-state index in [2.05, 4.69) is 10.3 Å². The fraction of sp³-hybridized carbons (Fsp3) is 0.125. The van der Waals surface area contributed by atoms with Crippen molar-refractivity contribution < 1.29 is 14.3 Å². The van der Waals surface area contributed by atoms with Crippen molar-refractivity contribution in [2.45, 2.75) is 6.42 Å². The third kappa shape index (κ3) is 4.90. The Bertz CT molecular complexity index is 1190. The lowest BCUT2D eigenvalue weighted by molar-refractivity contribution is -0.115. The standard InChI is InChI=1S/C24H21N3O3S/c1-29-21-9-8-16(11-22(21)30-2)12-23(28)26-19-7-3-5-17(13-19)20-15-31-24(27-20)18-6-4-10-25-14-18/h3-11,13-15H,12H2,1-2H3,(H,26,28). The zero-order valence-electron chi connectivity index (χ0n) is 17.2. The number of benzene rings is 2. The first-order valence-electron chi connectivity index (χ1n) is 9.63. The molecule has 1 amide bonds.